The average Bonchev–Trinajstić information content (AvgIpc) is 2.95. The maximum absolute atomic E-state index is 12.9. The van der Waals surface area contributed by atoms with Gasteiger partial charge < -0.3 is 19.6 Å². The third-order valence-electron chi connectivity index (χ3n) is 5.33. The van der Waals surface area contributed by atoms with E-state index in [2.05, 4.69) is 16.8 Å². The smallest absolute Gasteiger partial charge is 0.273 e. The van der Waals surface area contributed by atoms with Gasteiger partial charge in [0.2, 0.25) is 0 Å². The molecule has 3 rings (SSSR count). The minimum Gasteiger partial charge on any atom is -0.473 e. The second-order valence-electron chi connectivity index (χ2n) is 6.95. The topological polar surface area (TPSA) is 65.9 Å². The summed E-state index contributed by atoms with van der Waals surface area (Å²) < 4.78 is 5.15. The van der Waals surface area contributed by atoms with Gasteiger partial charge in [-0.25, -0.2) is 4.98 Å². The maximum Gasteiger partial charge on any atom is 0.273 e. The van der Waals surface area contributed by atoms with Crippen molar-refractivity contribution in [1.29, 1.82) is 0 Å². The Balaban J connectivity index is 1.72. The first-order chi connectivity index (χ1) is 11.5. The summed E-state index contributed by atoms with van der Waals surface area (Å²) in [5, 5.41) is 11.5. The number of aryl methyl sites for hydroxylation is 1. The predicted molar refractivity (Wildman–Crippen MR) is 93.7 cm³/mol. The molecule has 1 amide bonds. The summed E-state index contributed by atoms with van der Waals surface area (Å²) in [4.78, 5) is 22.1. The van der Waals surface area contributed by atoms with Gasteiger partial charge in [0.15, 0.2) is 0 Å². The molecule has 2 saturated heterocycles. The van der Waals surface area contributed by atoms with Crippen LogP contribution in [0.5, 0.6) is 5.19 Å². The molecule has 0 unspecified atom stereocenters. The van der Waals surface area contributed by atoms with E-state index in [4.69, 9.17) is 4.74 Å². The normalized spacial score (nSPS) is 27.8. The molecule has 3 heterocycles. The third-order valence-corrected chi connectivity index (χ3v) is 6.43. The quantitative estimate of drug-likeness (QED) is 0.894. The van der Waals surface area contributed by atoms with Gasteiger partial charge in [0, 0.05) is 32.1 Å². The Labute approximate surface area is 147 Å². The second-order valence-corrected chi connectivity index (χ2v) is 7.91. The van der Waals surface area contributed by atoms with Gasteiger partial charge in [0.1, 0.15) is 4.88 Å². The Morgan fingerprint density at radius 3 is 2.83 bits per heavy atom. The average molecular weight is 353 g/mol. The van der Waals surface area contributed by atoms with Gasteiger partial charge in [-0.05, 0) is 32.7 Å². The lowest BCUT2D eigenvalue weighted by atomic mass is 9.75. The molecular formula is C17H27N3O3S. The highest BCUT2D eigenvalue weighted by atomic mass is 32.1. The number of methoxy groups -OCH3 is 1. The van der Waals surface area contributed by atoms with Crippen molar-refractivity contribution in [3.05, 3.63) is 10.6 Å². The van der Waals surface area contributed by atoms with Crippen LogP contribution in [0.1, 0.15) is 41.6 Å². The van der Waals surface area contributed by atoms with Crippen LogP contribution in [0, 0.1) is 12.8 Å². The van der Waals surface area contributed by atoms with E-state index in [9.17, 15) is 9.90 Å². The van der Waals surface area contributed by atoms with Crippen LogP contribution >= 0.6 is 11.3 Å². The molecule has 7 heteroatoms. The Kier molecular flexibility index (Phi) is 5.13. The van der Waals surface area contributed by atoms with Crippen LogP contribution in [-0.4, -0.2) is 71.2 Å². The molecular weight excluding hydrogens is 326 g/mol. The number of aliphatic hydroxyl groups is 1. The zero-order valence-electron chi connectivity index (χ0n) is 14.7. The SMILES string of the molecule is CCCN1CC[C@]2(O)CCN(C(=O)c3sc(OC)nc3C)C[C@@H]2C1. The van der Waals surface area contributed by atoms with E-state index in [-0.39, 0.29) is 11.8 Å². The fourth-order valence-corrected chi connectivity index (χ4v) is 4.73. The monoisotopic (exact) mass is 353 g/mol. The van der Waals surface area contributed by atoms with Gasteiger partial charge in [0.05, 0.1) is 18.4 Å². The lowest BCUT2D eigenvalue weighted by Crippen LogP contribution is -2.60. The summed E-state index contributed by atoms with van der Waals surface area (Å²) in [5.74, 6) is 0.147. The number of likely N-dealkylation sites (tertiary alicyclic amines) is 2. The molecule has 0 aliphatic carbocycles. The van der Waals surface area contributed by atoms with Crippen LogP contribution < -0.4 is 4.74 Å². The molecule has 134 valence electrons. The lowest BCUT2D eigenvalue weighted by molar-refractivity contribution is -0.107. The number of thiazole rings is 1. The summed E-state index contributed by atoms with van der Waals surface area (Å²) in [5.41, 5.74) is 0.112. The molecule has 0 spiro atoms. The van der Waals surface area contributed by atoms with E-state index < -0.39 is 5.60 Å². The van der Waals surface area contributed by atoms with Gasteiger partial charge >= 0.3 is 0 Å². The van der Waals surface area contributed by atoms with E-state index in [1.54, 1.807) is 7.11 Å². The summed E-state index contributed by atoms with van der Waals surface area (Å²) in [6.07, 6.45) is 2.60. The fourth-order valence-electron chi connectivity index (χ4n) is 3.88. The van der Waals surface area contributed by atoms with Crippen LogP contribution in [0.25, 0.3) is 0 Å². The molecule has 1 aromatic heterocycles. The largest absolute Gasteiger partial charge is 0.473 e. The first kappa shape index (κ1) is 17.6. The number of nitrogens with zero attached hydrogens (tertiary/aromatic N) is 3. The summed E-state index contributed by atoms with van der Waals surface area (Å²) in [6, 6.07) is 0. The van der Waals surface area contributed by atoms with Gasteiger partial charge in [-0.1, -0.05) is 18.3 Å². The van der Waals surface area contributed by atoms with E-state index >= 15 is 0 Å². The Morgan fingerprint density at radius 1 is 1.42 bits per heavy atom. The molecule has 2 atom stereocenters. The summed E-state index contributed by atoms with van der Waals surface area (Å²) >= 11 is 1.30. The lowest BCUT2D eigenvalue weighted by Gasteiger charge is -2.50. The van der Waals surface area contributed by atoms with Gasteiger partial charge in [-0.15, -0.1) is 0 Å². The Morgan fingerprint density at radius 2 is 2.17 bits per heavy atom. The number of rotatable bonds is 4. The van der Waals surface area contributed by atoms with E-state index in [0.29, 0.717) is 29.6 Å². The van der Waals surface area contributed by atoms with Crippen molar-refractivity contribution in [2.45, 2.75) is 38.7 Å². The van der Waals surface area contributed by atoms with Crippen molar-refractivity contribution in [2.75, 3.05) is 39.8 Å². The highest BCUT2D eigenvalue weighted by Gasteiger charge is 2.46. The van der Waals surface area contributed by atoms with Gasteiger partial charge in [-0.2, -0.15) is 0 Å². The number of aromatic nitrogens is 1. The number of ether oxygens (including phenoxy) is 1. The number of hydrogen-bond acceptors (Lipinski definition) is 6. The number of fused-ring (bicyclic) bond motifs is 1. The zero-order valence-corrected chi connectivity index (χ0v) is 15.6. The van der Waals surface area contributed by atoms with Gasteiger partial charge in [0.25, 0.3) is 11.1 Å². The van der Waals surface area contributed by atoms with E-state index in [1.165, 1.54) is 11.3 Å². The number of carbonyl (C=O) groups is 1. The van der Waals surface area contributed by atoms with Crippen LogP contribution in [0.15, 0.2) is 0 Å². The molecule has 24 heavy (non-hydrogen) atoms. The minimum absolute atomic E-state index is 0.0166. The van der Waals surface area contributed by atoms with E-state index in [1.807, 2.05) is 11.8 Å². The van der Waals surface area contributed by atoms with Crippen molar-refractivity contribution >= 4 is 17.2 Å². The van der Waals surface area contributed by atoms with Gasteiger partial charge in [-0.3, -0.25) is 4.79 Å². The molecule has 6 nitrogen and oxygen atoms in total. The van der Waals surface area contributed by atoms with Crippen molar-refractivity contribution in [3.8, 4) is 5.19 Å². The van der Waals surface area contributed by atoms with Crippen LogP contribution in [0.2, 0.25) is 0 Å². The minimum atomic E-state index is -0.610. The van der Waals surface area contributed by atoms with Crippen molar-refractivity contribution in [3.63, 3.8) is 0 Å². The maximum atomic E-state index is 12.9. The van der Waals surface area contributed by atoms with Crippen LogP contribution in [-0.2, 0) is 0 Å². The fraction of sp³-hybridized carbons (Fsp3) is 0.765. The molecule has 0 bridgehead atoms. The molecule has 0 saturated carbocycles. The highest BCUT2D eigenvalue weighted by molar-refractivity contribution is 7.15. The molecule has 1 aromatic rings. The molecule has 0 radical (unpaired) electrons. The Hall–Kier alpha value is -1.18. The molecule has 2 aliphatic rings. The van der Waals surface area contributed by atoms with Crippen molar-refractivity contribution in [2.24, 2.45) is 5.92 Å². The number of amides is 1. The standard InChI is InChI=1S/C17H27N3O3S/c1-4-7-19-8-5-17(22)6-9-20(11-13(17)10-19)15(21)14-12(2)18-16(23-3)24-14/h13,22H,4-11H2,1-3H3/t13-,17-/m0/s1. The van der Waals surface area contributed by atoms with Crippen molar-refractivity contribution in [1.82, 2.24) is 14.8 Å². The predicted octanol–water partition coefficient (Wildman–Crippen LogP) is 1.77. The zero-order chi connectivity index (χ0) is 17.3. The summed E-state index contributed by atoms with van der Waals surface area (Å²) in [7, 11) is 1.57. The molecule has 2 fully saturated rings. The third kappa shape index (κ3) is 3.30. The Bertz CT molecular complexity index is 606. The number of piperidine rings is 2. The first-order valence-corrected chi connectivity index (χ1v) is 9.54. The number of hydrogen-bond donors (Lipinski definition) is 1. The molecule has 2 aliphatic heterocycles. The molecule has 1 N–H and O–H groups in total. The summed E-state index contributed by atoms with van der Waals surface area (Å²) in [6.45, 7) is 8.15. The first-order valence-electron chi connectivity index (χ1n) is 8.72. The van der Waals surface area contributed by atoms with Crippen LogP contribution in [0.4, 0.5) is 0 Å². The number of carbonyl (C=O) groups excluding carboxylic acids is 1. The van der Waals surface area contributed by atoms with E-state index in [0.717, 1.165) is 38.2 Å². The van der Waals surface area contributed by atoms with Crippen molar-refractivity contribution < 1.29 is 14.6 Å². The van der Waals surface area contributed by atoms with Crippen LogP contribution in [0.3, 0.4) is 0 Å². The molecule has 0 aromatic carbocycles. The highest BCUT2D eigenvalue weighted by Crippen LogP contribution is 2.36. The second kappa shape index (κ2) is 6.98.